The molecule has 8 N–H and O–H groups in total. The van der Waals surface area contributed by atoms with Crippen LogP contribution in [0.4, 0.5) is 43.7 Å². The van der Waals surface area contributed by atoms with E-state index >= 15 is 0 Å². The minimum atomic E-state index is -0.392. The van der Waals surface area contributed by atoms with Gasteiger partial charge in [-0.15, -0.1) is 0 Å². The van der Waals surface area contributed by atoms with Gasteiger partial charge in [-0.05, 0) is 297 Å². The van der Waals surface area contributed by atoms with E-state index in [0.29, 0.717) is 53.9 Å². The summed E-state index contributed by atoms with van der Waals surface area (Å²) >= 11 is 13.3. The van der Waals surface area contributed by atoms with Crippen molar-refractivity contribution in [2.75, 3.05) is 52.8 Å². The summed E-state index contributed by atoms with van der Waals surface area (Å²) in [4.78, 5) is 46.2. The molecule has 0 amide bonds. The van der Waals surface area contributed by atoms with Gasteiger partial charge in [-0.1, -0.05) is 18.2 Å². The predicted octanol–water partition coefficient (Wildman–Crippen LogP) is 16.4. The first-order valence-electron chi connectivity index (χ1n) is 43.0. The third-order valence-corrected chi connectivity index (χ3v) is 24.8. The Balaban J connectivity index is 0.000000136. The Hall–Kier alpha value is -11.6. The molecule has 131 heavy (non-hydrogen) atoms. The van der Waals surface area contributed by atoms with E-state index in [1.165, 1.54) is 70.1 Å². The summed E-state index contributed by atoms with van der Waals surface area (Å²) in [7, 11) is 3.39. The Bertz CT molecular complexity index is 6150. The van der Waals surface area contributed by atoms with E-state index in [-0.39, 0.29) is 22.8 Å². The number of aromatic nitrogens is 22. The van der Waals surface area contributed by atoms with Gasteiger partial charge in [0.2, 0.25) is 0 Å². The lowest BCUT2D eigenvalue weighted by molar-refractivity contribution is -0.00875. The van der Waals surface area contributed by atoms with Crippen LogP contribution in [0.25, 0.3) is 22.9 Å². The molecule has 6 aliphatic heterocycles. The second kappa shape index (κ2) is 42.3. The maximum Gasteiger partial charge on any atom is 0.496 e. The molecule has 0 radical (unpaired) electrons. The van der Waals surface area contributed by atoms with Crippen molar-refractivity contribution >= 4 is 111 Å². The normalized spacial score (nSPS) is 16.8. The molecule has 4 bridgehead atoms. The van der Waals surface area contributed by atoms with Gasteiger partial charge in [0, 0.05) is 184 Å². The van der Waals surface area contributed by atoms with Gasteiger partial charge in [0.05, 0.1) is 53.1 Å². The van der Waals surface area contributed by atoms with Crippen LogP contribution in [-0.2, 0) is 49.3 Å². The summed E-state index contributed by atoms with van der Waals surface area (Å²) in [5.41, 5.74) is 29.2. The number of hydrogen-bond donors (Lipinski definition) is 6. The molecule has 38 heteroatoms. The van der Waals surface area contributed by atoms with Crippen molar-refractivity contribution in [2.24, 2.45) is 14.1 Å². The summed E-state index contributed by atoms with van der Waals surface area (Å²) in [6, 6.07) is 44.1. The minimum Gasteiger partial charge on any atom is -0.399 e. The molecule has 4 atom stereocenters. The third-order valence-electron chi connectivity index (χ3n) is 23.2. The van der Waals surface area contributed by atoms with Gasteiger partial charge in [0.25, 0.3) is 0 Å². The molecule has 0 aliphatic carbocycles. The number of fused-ring (bicyclic) bond motifs is 4. The van der Waals surface area contributed by atoms with Gasteiger partial charge in [-0.2, -0.15) is 35.7 Å². The van der Waals surface area contributed by atoms with Gasteiger partial charge < -0.3 is 35.9 Å². The highest BCUT2D eigenvalue weighted by Crippen LogP contribution is 2.39. The Labute approximate surface area is 794 Å². The number of pyridine rings is 8. The second-order valence-corrected chi connectivity index (χ2v) is 37.8. The number of nitrogen functional groups attached to an aromatic ring is 2. The highest BCUT2D eigenvalue weighted by atomic mass is 79.9. The smallest absolute Gasteiger partial charge is 0.399 e. The van der Waals surface area contributed by atoms with E-state index < -0.39 is 7.12 Å². The molecule has 21 heterocycles. The van der Waals surface area contributed by atoms with E-state index in [0.717, 1.165) is 172 Å². The maximum absolute atomic E-state index is 13.3. The lowest BCUT2D eigenvalue weighted by atomic mass is 9.80. The number of aryl methyl sites for hydroxylation is 11. The van der Waals surface area contributed by atoms with Gasteiger partial charge >= 0.3 is 7.12 Å². The van der Waals surface area contributed by atoms with Crippen LogP contribution in [0.5, 0.6) is 0 Å². The van der Waals surface area contributed by atoms with Gasteiger partial charge in [-0.3, -0.25) is 39.4 Å². The number of aromatic amines is 3. The molecule has 0 aromatic carbocycles. The van der Waals surface area contributed by atoms with Crippen LogP contribution < -0.4 is 32.0 Å². The van der Waals surface area contributed by atoms with Crippen molar-refractivity contribution in [1.82, 2.24) is 119 Å². The van der Waals surface area contributed by atoms with E-state index in [2.05, 4.69) is 267 Å². The first kappa shape index (κ1) is 95.4. The summed E-state index contributed by atoms with van der Waals surface area (Å²) in [6.45, 7) is 31.9. The number of nitrogens with zero attached hydrogens (tertiary/aromatic N) is 23. The average molecular weight is 2030 g/mol. The molecule has 682 valence electrons. The number of nitrogens with two attached hydrogens (primary N) is 2. The fourth-order valence-electron chi connectivity index (χ4n) is 15.9. The molecule has 6 saturated heterocycles. The van der Waals surface area contributed by atoms with E-state index in [4.69, 9.17) is 35.7 Å². The Morgan fingerprint density at radius 1 is 0.450 bits per heavy atom. The Morgan fingerprint density at radius 2 is 0.908 bits per heavy atom. The molecular weight excluding hydrogens is 1920 g/mol. The Kier molecular flexibility index (Phi) is 30.8. The number of piperidine rings is 1. The fraction of sp³-hybridized carbons (Fsp3) is 0.344. The highest BCUT2D eigenvalue weighted by molar-refractivity contribution is 9.11. The van der Waals surface area contributed by atoms with Gasteiger partial charge in [-0.25, -0.2) is 53.0 Å². The van der Waals surface area contributed by atoms with E-state index in [9.17, 15) is 8.78 Å². The van der Waals surface area contributed by atoms with E-state index in [1.54, 1.807) is 10.7 Å². The quantitative estimate of drug-likeness (QED) is 0.0386. The molecule has 0 spiro atoms. The number of nitrogens with one attached hydrogen (secondary N) is 4. The SMILES string of the molecule is CC1(C)OB(c2ccc(N3CC4CCC(C3)N4Cc3ccc(-n4cc(F)cn4)nc3)nc2)OC1(C)C.Cc1cc(Br)nc(Br)c1.Cc1cc(Br)nc(Cc2cc(C)[nH]n2)c1.Cc1cc(Br)nc(Nc2cc(C)n(C)n2)c1.Cc1cc(Cc2cc(C)[nH]n2)nc(-c2ccc(N3CC4CC(C3)N4Cc3ccc(-n4cc(F)cn4)nc3)nc2)c1.Cc1cc(N)n[nH]1.Cc1cc(N)nn1C. The molecule has 31 nitrogen and oxygen atoms in total. The largest absolute Gasteiger partial charge is 0.496 e. The first-order valence-corrected chi connectivity index (χ1v) is 46.2. The minimum absolute atomic E-state index is 0.362. The molecule has 21 rings (SSSR count). The number of H-pyrrole nitrogens is 3. The highest BCUT2D eigenvalue weighted by Gasteiger charge is 2.52. The summed E-state index contributed by atoms with van der Waals surface area (Å²) < 4.78 is 48.8. The fourth-order valence-corrected chi connectivity index (χ4v) is 18.4. The Morgan fingerprint density at radius 3 is 1.31 bits per heavy atom. The van der Waals surface area contributed by atoms with Crippen LogP contribution >= 0.6 is 63.7 Å². The van der Waals surface area contributed by atoms with Crippen LogP contribution in [-0.4, -0.2) is 188 Å². The molecule has 15 aromatic rings. The average Bonchev–Trinajstić information content (AvgIpc) is 1.64. The van der Waals surface area contributed by atoms with Crippen molar-refractivity contribution in [3.8, 4) is 22.9 Å². The monoisotopic (exact) mass is 2030 g/mol. The topological polar surface area (TPSA) is 356 Å². The first-order chi connectivity index (χ1) is 62.5. The molecule has 15 aromatic heterocycles. The summed E-state index contributed by atoms with van der Waals surface area (Å²) in [6.07, 6.45) is 17.6. The standard InChI is InChI=1S/C30H30FN9.C26H32BFN6O2.C11H13BrN4.C11H12BrN3.C6H5Br2N.C5H9N3.C4H7N3/c1-19-7-24(10-25-9-20(2)36-37-25)35-28(8-19)22-4-6-29(33-13-22)38-17-26-11-27(18-38)39(26)15-21-3-5-30(32-12-21)40-16-23(31)14-34-40;1-25(2)26(3,4)36-27(35-25)19-6-10-23(30-12-19)32-16-21-7-8-22(17-32)33(21)14-18-5-9-24(29-11-18)34-15-20(28)13-31-34;1-7-4-9(12)13-10(5-7)14-11-6-8(2)16(3)15-11;1-7-3-9(13-11(12)4-7)6-10-5-8(2)14-15-10;1-4-2-5(7)9-6(8)3-4;1-4-3-5(6)7-8(4)2;1-3-2-4(5)7-6-3/h3-9,12-14,16,26-27H,10-11,15,17-18H2,1-2H3,(H,36,37);5-6,9-13,15,21-22H,7-8,14,16-17H2,1-4H3;4-6H,1-3H3,(H,13,14,15);3-5H,6H2,1-2H3,(H,14,15);2-3H,1H3;3H,1-2H3,(H2,6,7);2H,1H3,(H3,5,6,7). The van der Waals surface area contributed by atoms with Crippen LogP contribution in [0.15, 0.2) is 195 Å². The number of hydrogen-bond acceptors (Lipinski definition) is 24. The number of piperazine rings is 2. The molecule has 6 aliphatic rings. The third kappa shape index (κ3) is 25.8. The zero-order chi connectivity index (χ0) is 93.1. The number of halogens is 6. The zero-order valence-corrected chi connectivity index (χ0v) is 82.3. The van der Waals surface area contributed by atoms with Crippen molar-refractivity contribution < 1.29 is 18.1 Å². The maximum atomic E-state index is 13.3. The van der Waals surface area contributed by atoms with Gasteiger partial charge in [0.15, 0.2) is 29.1 Å². The number of rotatable bonds is 16. The lowest BCUT2D eigenvalue weighted by Crippen LogP contribution is -2.68. The van der Waals surface area contributed by atoms with E-state index in [1.807, 2.05) is 153 Å². The molecule has 4 unspecified atom stereocenters. The molecule has 6 fully saturated rings. The lowest BCUT2D eigenvalue weighted by Gasteiger charge is -2.56. The van der Waals surface area contributed by atoms with Crippen LogP contribution in [0.1, 0.15) is 132 Å². The van der Waals surface area contributed by atoms with Crippen LogP contribution in [0, 0.1) is 73.9 Å². The van der Waals surface area contributed by atoms with Crippen LogP contribution in [0.3, 0.4) is 0 Å². The van der Waals surface area contributed by atoms with Crippen LogP contribution in [0.2, 0.25) is 0 Å². The molecule has 0 saturated carbocycles. The van der Waals surface area contributed by atoms with Gasteiger partial charge in [0.1, 0.15) is 47.5 Å². The summed E-state index contributed by atoms with van der Waals surface area (Å²) in [5, 5.41) is 40.2. The predicted molar refractivity (Wildman–Crippen MR) is 521 cm³/mol. The van der Waals surface area contributed by atoms with Crippen molar-refractivity contribution in [3.63, 3.8) is 0 Å². The number of anilines is 6. The zero-order valence-electron chi connectivity index (χ0n) is 75.9. The second-order valence-electron chi connectivity index (χ2n) is 34.6. The van der Waals surface area contributed by atoms with Crippen molar-refractivity contribution in [2.45, 2.75) is 171 Å². The van der Waals surface area contributed by atoms with Crippen molar-refractivity contribution in [1.29, 1.82) is 0 Å². The van der Waals surface area contributed by atoms with Crippen molar-refractivity contribution in [3.05, 3.63) is 292 Å². The molecular formula is C93H108BBr4F2N29O2. The summed E-state index contributed by atoms with van der Waals surface area (Å²) in [5.74, 6) is 5.25.